The number of nitro benzene ring substituents is 1. The zero-order valence-electron chi connectivity index (χ0n) is 15.9. The maximum Gasteiger partial charge on any atom is 0.289 e. The van der Waals surface area contributed by atoms with Gasteiger partial charge in [-0.15, -0.1) is 0 Å². The third-order valence-corrected chi connectivity index (χ3v) is 7.08. The Morgan fingerprint density at radius 2 is 1.76 bits per heavy atom. The number of benzene rings is 2. The van der Waals surface area contributed by atoms with Crippen LogP contribution in [0.5, 0.6) is 0 Å². The van der Waals surface area contributed by atoms with Gasteiger partial charge in [0, 0.05) is 49.5 Å². The number of piperazine rings is 1. The number of pyridine rings is 1. The molecule has 0 N–H and O–H groups in total. The molecule has 0 amide bonds. The topological polar surface area (TPSA) is 96.7 Å². The Labute approximate surface area is 168 Å². The molecular weight excluding hydrogens is 392 g/mol. The lowest BCUT2D eigenvalue weighted by Crippen LogP contribution is -2.48. The minimum atomic E-state index is -3.94. The third-order valence-electron chi connectivity index (χ3n) is 5.13. The highest BCUT2D eigenvalue weighted by Crippen LogP contribution is 2.30. The van der Waals surface area contributed by atoms with Crippen LogP contribution in [0.15, 0.2) is 59.6 Å². The fourth-order valence-electron chi connectivity index (χ4n) is 3.66. The molecule has 1 fully saturated rings. The summed E-state index contributed by atoms with van der Waals surface area (Å²) in [5, 5.41) is 12.3. The van der Waals surface area contributed by atoms with E-state index in [-0.39, 0.29) is 18.0 Å². The minimum absolute atomic E-state index is 0.254. The van der Waals surface area contributed by atoms with Gasteiger partial charge in [0.2, 0.25) is 10.0 Å². The molecule has 0 bridgehead atoms. The lowest BCUT2D eigenvalue weighted by atomic mass is 10.1. The van der Waals surface area contributed by atoms with E-state index in [2.05, 4.69) is 16.0 Å². The summed E-state index contributed by atoms with van der Waals surface area (Å²) in [6, 6.07) is 13.5. The molecule has 4 rings (SSSR count). The van der Waals surface area contributed by atoms with Crippen molar-refractivity contribution >= 4 is 32.3 Å². The quantitative estimate of drug-likeness (QED) is 0.483. The second kappa shape index (κ2) is 7.41. The van der Waals surface area contributed by atoms with E-state index >= 15 is 0 Å². The van der Waals surface area contributed by atoms with Crippen LogP contribution in [0.4, 0.5) is 11.4 Å². The zero-order valence-corrected chi connectivity index (χ0v) is 16.7. The Bertz CT molecular complexity index is 1190. The maximum absolute atomic E-state index is 13.0. The van der Waals surface area contributed by atoms with Gasteiger partial charge in [0.05, 0.1) is 10.4 Å². The molecule has 2 heterocycles. The number of hydrogen-bond acceptors (Lipinski definition) is 6. The van der Waals surface area contributed by atoms with Gasteiger partial charge in [-0.2, -0.15) is 4.31 Å². The fraction of sp³-hybridized carbons (Fsp3) is 0.250. The van der Waals surface area contributed by atoms with Crippen molar-refractivity contribution < 1.29 is 13.3 Å². The van der Waals surface area contributed by atoms with Crippen LogP contribution in [0.25, 0.3) is 10.9 Å². The molecule has 8 nitrogen and oxygen atoms in total. The van der Waals surface area contributed by atoms with Crippen molar-refractivity contribution in [2.24, 2.45) is 0 Å². The van der Waals surface area contributed by atoms with Gasteiger partial charge in [-0.1, -0.05) is 23.8 Å². The first-order valence-electron chi connectivity index (χ1n) is 9.22. The van der Waals surface area contributed by atoms with Crippen molar-refractivity contribution in [2.45, 2.75) is 11.8 Å². The summed E-state index contributed by atoms with van der Waals surface area (Å²) in [4.78, 5) is 16.9. The number of sulfonamides is 1. The molecule has 0 aliphatic carbocycles. The summed E-state index contributed by atoms with van der Waals surface area (Å²) in [7, 11) is -3.94. The van der Waals surface area contributed by atoms with Crippen LogP contribution in [0, 0.1) is 17.0 Å². The number of fused-ring (bicyclic) bond motifs is 1. The van der Waals surface area contributed by atoms with Crippen LogP contribution in [-0.4, -0.2) is 48.8 Å². The number of nitrogens with zero attached hydrogens (tertiary/aromatic N) is 4. The zero-order chi connectivity index (χ0) is 20.6. The largest absolute Gasteiger partial charge is 0.368 e. The summed E-state index contributed by atoms with van der Waals surface area (Å²) >= 11 is 0. The number of aromatic nitrogens is 1. The van der Waals surface area contributed by atoms with Crippen LogP contribution in [0.1, 0.15) is 5.56 Å². The van der Waals surface area contributed by atoms with Crippen LogP contribution in [-0.2, 0) is 10.0 Å². The Morgan fingerprint density at radius 3 is 2.48 bits per heavy atom. The molecular formula is C20H20N4O4S. The van der Waals surface area contributed by atoms with Crippen molar-refractivity contribution in [3.8, 4) is 0 Å². The predicted molar refractivity (Wildman–Crippen MR) is 111 cm³/mol. The van der Waals surface area contributed by atoms with Crippen molar-refractivity contribution in [2.75, 3.05) is 31.1 Å². The number of nitro groups is 1. The van der Waals surface area contributed by atoms with E-state index < -0.39 is 20.6 Å². The first-order valence-corrected chi connectivity index (χ1v) is 10.7. The van der Waals surface area contributed by atoms with E-state index in [4.69, 9.17) is 0 Å². The highest BCUT2D eigenvalue weighted by Gasteiger charge is 2.33. The number of anilines is 1. The molecule has 0 spiro atoms. The van der Waals surface area contributed by atoms with Gasteiger partial charge in [0.25, 0.3) is 5.69 Å². The molecule has 0 unspecified atom stereocenters. The Morgan fingerprint density at radius 1 is 1.03 bits per heavy atom. The lowest BCUT2D eigenvalue weighted by molar-refractivity contribution is -0.387. The van der Waals surface area contributed by atoms with Gasteiger partial charge < -0.3 is 4.90 Å². The molecule has 1 saturated heterocycles. The molecule has 0 saturated carbocycles. The van der Waals surface area contributed by atoms with Gasteiger partial charge in [-0.25, -0.2) is 8.42 Å². The van der Waals surface area contributed by atoms with E-state index in [1.807, 2.05) is 25.1 Å². The van der Waals surface area contributed by atoms with Crippen LogP contribution in [0.3, 0.4) is 0 Å². The molecule has 3 aromatic rings. The van der Waals surface area contributed by atoms with Crippen LogP contribution < -0.4 is 4.90 Å². The van der Waals surface area contributed by atoms with Gasteiger partial charge in [-0.3, -0.25) is 15.1 Å². The van der Waals surface area contributed by atoms with Gasteiger partial charge in [0.15, 0.2) is 4.90 Å². The first-order chi connectivity index (χ1) is 13.9. The maximum atomic E-state index is 13.0. The molecule has 2 aromatic carbocycles. The van der Waals surface area contributed by atoms with Crippen molar-refractivity contribution in [1.82, 2.24) is 9.29 Å². The Kier molecular flexibility index (Phi) is 4.93. The summed E-state index contributed by atoms with van der Waals surface area (Å²) in [5.74, 6) is 0. The molecule has 1 aliphatic heterocycles. The van der Waals surface area contributed by atoms with E-state index in [1.54, 1.807) is 6.20 Å². The molecule has 1 aliphatic rings. The first kappa shape index (κ1) is 19.3. The monoisotopic (exact) mass is 412 g/mol. The molecule has 9 heteroatoms. The summed E-state index contributed by atoms with van der Waals surface area (Å²) in [6.45, 7) is 3.52. The smallest absolute Gasteiger partial charge is 0.289 e. The second-order valence-electron chi connectivity index (χ2n) is 6.97. The summed E-state index contributed by atoms with van der Waals surface area (Å²) < 4.78 is 27.3. The molecule has 150 valence electrons. The van der Waals surface area contributed by atoms with Crippen molar-refractivity contribution in [3.05, 3.63) is 70.4 Å². The highest BCUT2D eigenvalue weighted by atomic mass is 32.2. The number of rotatable bonds is 4. The standard InChI is InChI=1S/C20H20N4O4S/c1-15-6-7-17-16(14-15)18(8-9-21-17)22-10-12-23(13-11-22)29(27,28)20-5-3-2-4-19(20)24(25)26/h2-9,14H,10-13H2,1H3. The third kappa shape index (κ3) is 3.54. The van der Waals surface area contributed by atoms with Gasteiger partial charge >= 0.3 is 0 Å². The highest BCUT2D eigenvalue weighted by molar-refractivity contribution is 7.89. The van der Waals surface area contributed by atoms with E-state index in [0.29, 0.717) is 13.1 Å². The van der Waals surface area contributed by atoms with Gasteiger partial charge in [-0.05, 0) is 31.2 Å². The second-order valence-corrected chi connectivity index (χ2v) is 8.87. The van der Waals surface area contributed by atoms with E-state index in [9.17, 15) is 18.5 Å². The predicted octanol–water partition coefficient (Wildman–Crippen LogP) is 2.96. The van der Waals surface area contributed by atoms with Crippen LogP contribution >= 0.6 is 0 Å². The van der Waals surface area contributed by atoms with Crippen molar-refractivity contribution in [1.29, 1.82) is 0 Å². The SMILES string of the molecule is Cc1ccc2nccc(N3CCN(S(=O)(=O)c4ccccc4[N+](=O)[O-])CC3)c2c1. The normalized spacial score (nSPS) is 15.6. The molecule has 29 heavy (non-hydrogen) atoms. The molecule has 0 radical (unpaired) electrons. The lowest BCUT2D eigenvalue weighted by Gasteiger charge is -2.35. The minimum Gasteiger partial charge on any atom is -0.368 e. The van der Waals surface area contributed by atoms with Gasteiger partial charge in [0.1, 0.15) is 0 Å². The molecule has 0 atom stereocenters. The number of aryl methyl sites for hydroxylation is 1. The average molecular weight is 412 g/mol. The Hall–Kier alpha value is -3.04. The summed E-state index contributed by atoms with van der Waals surface area (Å²) in [5.41, 5.74) is 2.64. The van der Waals surface area contributed by atoms with E-state index in [1.165, 1.54) is 28.6 Å². The van der Waals surface area contributed by atoms with E-state index in [0.717, 1.165) is 22.2 Å². The van der Waals surface area contributed by atoms with Crippen molar-refractivity contribution in [3.63, 3.8) is 0 Å². The Balaban J connectivity index is 1.59. The average Bonchev–Trinajstić information content (AvgIpc) is 2.73. The summed E-state index contributed by atoms with van der Waals surface area (Å²) in [6.07, 6.45) is 1.75. The number of para-hydroxylation sites is 1. The number of hydrogen-bond donors (Lipinski definition) is 0. The fourth-order valence-corrected chi connectivity index (χ4v) is 5.24. The molecule has 1 aromatic heterocycles. The van der Waals surface area contributed by atoms with Crippen LogP contribution in [0.2, 0.25) is 0 Å².